The average Bonchev–Trinajstić information content (AvgIpc) is 3.45. The van der Waals surface area contributed by atoms with E-state index >= 15 is 0 Å². The number of carboxylic acid groups (broad SMARTS) is 1. The normalized spacial score (nSPS) is 14.7. The van der Waals surface area contributed by atoms with E-state index < -0.39 is 65.5 Å². The van der Waals surface area contributed by atoms with Gasteiger partial charge in [-0.3, -0.25) is 33.7 Å². The van der Waals surface area contributed by atoms with Crippen LogP contribution in [0.5, 0.6) is 0 Å². The van der Waals surface area contributed by atoms with Gasteiger partial charge in [-0.25, -0.2) is 14.5 Å². The number of benzene rings is 1. The van der Waals surface area contributed by atoms with Gasteiger partial charge in [0, 0.05) is 31.5 Å². The quantitative estimate of drug-likeness (QED) is 0.0646. The van der Waals surface area contributed by atoms with Crippen LogP contribution in [-0.4, -0.2) is 112 Å². The highest BCUT2D eigenvalue weighted by Gasteiger charge is 2.42. The Bertz CT molecular complexity index is 1530. The molecule has 0 radical (unpaired) electrons. The van der Waals surface area contributed by atoms with Crippen molar-refractivity contribution in [3.8, 4) is 0 Å². The molecule has 17 heteroatoms. The first-order chi connectivity index (χ1) is 26.5. The number of aliphatic carboxylic acids is 1. The minimum Gasteiger partial charge on any atom is -0.480 e. The van der Waals surface area contributed by atoms with Crippen LogP contribution in [0.2, 0.25) is 0 Å². The Kier molecular flexibility index (Phi) is 19.9. The minimum atomic E-state index is -1.54. The van der Waals surface area contributed by atoms with Crippen molar-refractivity contribution in [2.45, 2.75) is 128 Å². The van der Waals surface area contributed by atoms with E-state index in [0.717, 1.165) is 4.90 Å². The molecule has 8 N–H and O–H groups in total. The van der Waals surface area contributed by atoms with Gasteiger partial charge in [0.1, 0.15) is 29.8 Å². The Labute approximate surface area is 328 Å². The molecule has 1 aliphatic heterocycles. The number of unbranched alkanes of at least 4 members (excludes halogenated alkanes) is 4. The van der Waals surface area contributed by atoms with Gasteiger partial charge in [-0.2, -0.15) is 0 Å². The molecule has 56 heavy (non-hydrogen) atoms. The van der Waals surface area contributed by atoms with E-state index in [0.29, 0.717) is 55.5 Å². The van der Waals surface area contributed by atoms with Gasteiger partial charge in [0.15, 0.2) is 0 Å². The molecule has 0 spiro atoms. The van der Waals surface area contributed by atoms with E-state index in [1.807, 2.05) is 0 Å². The number of hydrogen-bond acceptors (Lipinski definition) is 11. The number of imide groups is 2. The number of carboxylic acids is 1. The lowest BCUT2D eigenvalue weighted by Crippen LogP contribution is -2.61. The maximum Gasteiger partial charge on any atom is 0.417 e. The van der Waals surface area contributed by atoms with E-state index in [1.54, 1.807) is 51.1 Å². The summed E-state index contributed by atoms with van der Waals surface area (Å²) in [5.41, 5.74) is 10.8. The Balaban J connectivity index is 2.34. The average molecular weight is 786 g/mol. The van der Waals surface area contributed by atoms with Crippen molar-refractivity contribution in [1.29, 1.82) is 0 Å². The molecule has 1 aliphatic rings. The lowest BCUT2D eigenvalue weighted by Gasteiger charge is -2.34. The van der Waals surface area contributed by atoms with Gasteiger partial charge in [0.2, 0.25) is 17.7 Å². The Morgan fingerprint density at radius 1 is 0.786 bits per heavy atom. The maximum atomic E-state index is 14.6. The topological polar surface area (TPSA) is 261 Å². The van der Waals surface area contributed by atoms with E-state index in [4.69, 9.17) is 16.2 Å². The molecule has 4 atom stereocenters. The highest BCUT2D eigenvalue weighted by molar-refractivity contribution is 6.12. The summed E-state index contributed by atoms with van der Waals surface area (Å²) in [6.45, 7) is 6.97. The third-order valence-electron chi connectivity index (χ3n) is 8.79. The molecule has 0 saturated carbocycles. The van der Waals surface area contributed by atoms with E-state index in [1.165, 1.54) is 19.1 Å². The van der Waals surface area contributed by atoms with Crippen molar-refractivity contribution in [2.24, 2.45) is 11.5 Å². The van der Waals surface area contributed by atoms with Crippen LogP contribution in [0.25, 0.3) is 0 Å². The third kappa shape index (κ3) is 16.3. The van der Waals surface area contributed by atoms with Crippen LogP contribution in [0, 0.1) is 0 Å². The summed E-state index contributed by atoms with van der Waals surface area (Å²) in [5, 5.41) is 17.6. The molecule has 0 aliphatic carbocycles. The Morgan fingerprint density at radius 3 is 1.95 bits per heavy atom. The van der Waals surface area contributed by atoms with Crippen LogP contribution in [0.3, 0.4) is 0 Å². The summed E-state index contributed by atoms with van der Waals surface area (Å²) < 4.78 is 5.61. The van der Waals surface area contributed by atoms with Crippen LogP contribution in [0.1, 0.15) is 97.5 Å². The number of ether oxygens (including phenoxy) is 1. The molecule has 1 aromatic rings. The van der Waals surface area contributed by atoms with Crippen molar-refractivity contribution < 1.29 is 48.2 Å². The predicted octanol–water partition coefficient (Wildman–Crippen LogP) is 1.66. The Hall–Kier alpha value is -5.16. The maximum absolute atomic E-state index is 14.6. The molecule has 7 amide bonds. The van der Waals surface area contributed by atoms with Crippen LogP contribution in [0.4, 0.5) is 4.79 Å². The molecular formula is C39H59N7O10. The minimum absolute atomic E-state index is 0.0553. The first kappa shape index (κ1) is 47.0. The van der Waals surface area contributed by atoms with E-state index in [2.05, 4.69) is 16.0 Å². The number of hydrogen-bond donors (Lipinski definition) is 6. The largest absolute Gasteiger partial charge is 0.480 e. The molecule has 17 nitrogen and oxygen atoms in total. The van der Waals surface area contributed by atoms with Crippen molar-refractivity contribution in [3.05, 3.63) is 48.0 Å². The highest BCUT2D eigenvalue weighted by Crippen LogP contribution is 2.20. The summed E-state index contributed by atoms with van der Waals surface area (Å²) in [6, 6.07) is 3.21. The molecule has 2 rings (SSSR count). The molecule has 0 saturated heterocycles. The molecule has 1 aromatic carbocycles. The summed E-state index contributed by atoms with van der Waals surface area (Å²) in [7, 11) is 0. The number of nitrogens with two attached hydrogens (primary N) is 2. The standard InChI is InChI=1S/C39H59N7O10/c1-26(42-31(47)19-9-6-14-24-45-32(48)20-21-33(45)49)34(50)44-29(25-27-15-7-5-8-16-27)36(52)46(38(55)56-39(2,3)4)30(18-11-13-23-41)35(51)43-28(37(53)54)17-10-12-22-40/h5,7-8,15-16,20-21,26,28-30H,6,9-14,17-19,22-25,40-41H2,1-4H3,(H,42,47)(H,43,51)(H,44,50)(H,53,54)/t26-,28+,29+,30+/m1/s1. The van der Waals surface area contributed by atoms with Crippen LogP contribution < -0.4 is 27.4 Å². The molecule has 310 valence electrons. The fourth-order valence-electron chi connectivity index (χ4n) is 5.84. The zero-order valence-corrected chi connectivity index (χ0v) is 32.9. The predicted molar refractivity (Wildman–Crippen MR) is 206 cm³/mol. The summed E-state index contributed by atoms with van der Waals surface area (Å²) in [6.07, 6.45) is 4.26. The van der Waals surface area contributed by atoms with Gasteiger partial charge >= 0.3 is 12.1 Å². The summed E-state index contributed by atoms with van der Waals surface area (Å²) in [4.78, 5) is 106. The zero-order valence-electron chi connectivity index (χ0n) is 32.9. The van der Waals surface area contributed by atoms with Crippen LogP contribution in [-0.2, 0) is 44.7 Å². The second-order valence-corrected chi connectivity index (χ2v) is 14.7. The van der Waals surface area contributed by atoms with Crippen molar-refractivity contribution >= 4 is 47.5 Å². The lowest BCUT2D eigenvalue weighted by atomic mass is 10.0. The number of amides is 7. The van der Waals surface area contributed by atoms with Gasteiger partial charge in [0.25, 0.3) is 17.7 Å². The molecule has 0 unspecified atom stereocenters. The van der Waals surface area contributed by atoms with Gasteiger partial charge in [-0.1, -0.05) is 36.8 Å². The fraction of sp³-hybridized carbons (Fsp3) is 0.590. The third-order valence-corrected chi connectivity index (χ3v) is 8.79. The molecule has 0 fully saturated rings. The number of nitrogens with one attached hydrogen (secondary N) is 3. The van der Waals surface area contributed by atoms with Gasteiger partial charge in [-0.15, -0.1) is 0 Å². The van der Waals surface area contributed by atoms with Crippen molar-refractivity contribution in [1.82, 2.24) is 25.8 Å². The highest BCUT2D eigenvalue weighted by atomic mass is 16.6. The monoisotopic (exact) mass is 785 g/mol. The number of nitrogens with zero attached hydrogens (tertiary/aromatic N) is 2. The first-order valence-electron chi connectivity index (χ1n) is 19.2. The smallest absolute Gasteiger partial charge is 0.417 e. The number of carbonyl (C=O) groups excluding carboxylic acids is 7. The van der Waals surface area contributed by atoms with Gasteiger partial charge in [0.05, 0.1) is 0 Å². The van der Waals surface area contributed by atoms with Crippen LogP contribution >= 0.6 is 0 Å². The van der Waals surface area contributed by atoms with Gasteiger partial charge in [-0.05, 0) is 97.7 Å². The fourth-order valence-corrected chi connectivity index (χ4v) is 5.84. The lowest BCUT2D eigenvalue weighted by molar-refractivity contribution is -0.146. The van der Waals surface area contributed by atoms with Crippen molar-refractivity contribution in [2.75, 3.05) is 19.6 Å². The molecule has 0 bridgehead atoms. The second kappa shape index (κ2) is 23.7. The zero-order chi connectivity index (χ0) is 41.8. The van der Waals surface area contributed by atoms with Crippen LogP contribution in [0.15, 0.2) is 42.5 Å². The molecular weight excluding hydrogens is 726 g/mol. The molecule has 1 heterocycles. The molecule has 0 aromatic heterocycles. The first-order valence-corrected chi connectivity index (χ1v) is 19.2. The summed E-state index contributed by atoms with van der Waals surface area (Å²) in [5.74, 6) is -5.13. The Morgan fingerprint density at radius 2 is 1.38 bits per heavy atom. The number of rotatable bonds is 24. The summed E-state index contributed by atoms with van der Waals surface area (Å²) >= 11 is 0. The van der Waals surface area contributed by atoms with Gasteiger partial charge < -0.3 is 37.3 Å². The van der Waals surface area contributed by atoms with Crippen molar-refractivity contribution in [3.63, 3.8) is 0 Å². The SMILES string of the molecule is C[C@@H](NC(=O)CCCCCN1C(=O)C=CC1=O)C(=O)N[C@@H](Cc1ccccc1)C(=O)N(C(=O)OC(C)(C)C)[C@@H](CCCCN)C(=O)N[C@@H](CCCCN)C(=O)O. The van der Waals surface area contributed by atoms with E-state index in [9.17, 15) is 43.5 Å². The number of carbonyl (C=O) groups is 8. The second-order valence-electron chi connectivity index (χ2n) is 14.7. The van der Waals surface area contributed by atoms with E-state index in [-0.39, 0.29) is 57.0 Å².